The number of carbonyl (C=O) groups is 1. The molecular weight excluding hydrogens is 441 g/mol. The summed E-state index contributed by atoms with van der Waals surface area (Å²) in [6.45, 7) is 1.63. The molecule has 0 aromatic heterocycles. The second-order valence-electron chi connectivity index (χ2n) is 5.85. The molecule has 0 saturated heterocycles. The van der Waals surface area contributed by atoms with Gasteiger partial charge in [-0.3, -0.25) is 9.10 Å². The minimum absolute atomic E-state index is 0.0167. The first-order valence-electron chi connectivity index (χ1n) is 8.31. The minimum Gasteiger partial charge on any atom is -0.504 e. The lowest BCUT2D eigenvalue weighted by atomic mass is 10.2. The van der Waals surface area contributed by atoms with Crippen molar-refractivity contribution in [3.8, 4) is 11.5 Å². The van der Waals surface area contributed by atoms with Crippen molar-refractivity contribution < 1.29 is 23.1 Å². The molecule has 0 unspecified atom stereocenters. The van der Waals surface area contributed by atoms with Gasteiger partial charge in [0.25, 0.3) is 5.91 Å². The molecule has 0 radical (unpaired) electrons. The fourth-order valence-corrected chi connectivity index (χ4v) is 3.66. The summed E-state index contributed by atoms with van der Waals surface area (Å²) in [5.74, 6) is -0.410. The number of hydrogen-bond acceptors (Lipinski definition) is 6. The Morgan fingerprint density at radius 2 is 1.90 bits per heavy atom. The highest BCUT2D eigenvalue weighted by atomic mass is 35.5. The maximum absolute atomic E-state index is 12.2. The molecule has 0 heterocycles. The number of amides is 1. The fraction of sp³-hybridized carbons (Fsp3) is 0.222. The van der Waals surface area contributed by atoms with E-state index in [0.29, 0.717) is 12.2 Å². The van der Waals surface area contributed by atoms with Crippen LogP contribution in [-0.4, -0.2) is 45.1 Å². The number of nitrogens with one attached hydrogen (secondary N) is 1. The van der Waals surface area contributed by atoms with Crippen LogP contribution in [0, 0.1) is 0 Å². The number of phenols is 1. The highest BCUT2D eigenvalue weighted by Gasteiger charge is 2.21. The van der Waals surface area contributed by atoms with Crippen LogP contribution in [-0.2, 0) is 14.8 Å². The quantitative estimate of drug-likeness (QED) is 0.465. The van der Waals surface area contributed by atoms with Crippen LogP contribution in [0.4, 0.5) is 5.69 Å². The number of carbonyl (C=O) groups excluding carboxylic acids is 1. The van der Waals surface area contributed by atoms with Crippen LogP contribution in [0.15, 0.2) is 41.5 Å². The summed E-state index contributed by atoms with van der Waals surface area (Å²) in [5.41, 5.74) is 2.97. The highest BCUT2D eigenvalue weighted by molar-refractivity contribution is 7.92. The molecule has 156 valence electrons. The van der Waals surface area contributed by atoms with E-state index in [0.717, 1.165) is 10.6 Å². The molecular formula is C18H19Cl2N3O5S. The Hall–Kier alpha value is -2.49. The number of phenolic OH excluding ortho intramolecular Hbond substituents is 1. The Labute approximate surface area is 178 Å². The molecule has 2 aromatic rings. The number of hydrazone groups is 1. The molecule has 1 amide bonds. The van der Waals surface area contributed by atoms with E-state index < -0.39 is 22.5 Å². The summed E-state index contributed by atoms with van der Waals surface area (Å²) in [4.78, 5) is 12.2. The molecule has 2 aromatic carbocycles. The number of hydrogen-bond donors (Lipinski definition) is 2. The van der Waals surface area contributed by atoms with E-state index in [1.54, 1.807) is 19.1 Å². The van der Waals surface area contributed by atoms with Crippen LogP contribution < -0.4 is 14.5 Å². The minimum atomic E-state index is -3.78. The summed E-state index contributed by atoms with van der Waals surface area (Å²) in [6.07, 6.45) is 2.30. The topological polar surface area (TPSA) is 108 Å². The molecule has 0 aliphatic rings. The third kappa shape index (κ3) is 6.81. The Balaban J connectivity index is 2.11. The lowest BCUT2D eigenvalue weighted by Gasteiger charge is -2.21. The van der Waals surface area contributed by atoms with Crippen molar-refractivity contribution in [1.82, 2.24) is 5.43 Å². The first kappa shape index (κ1) is 22.8. The van der Waals surface area contributed by atoms with Crippen molar-refractivity contribution in [3.63, 3.8) is 0 Å². The van der Waals surface area contributed by atoms with Gasteiger partial charge in [0, 0.05) is 10.0 Å². The van der Waals surface area contributed by atoms with Gasteiger partial charge in [-0.15, -0.1) is 0 Å². The molecule has 0 fully saturated rings. The lowest BCUT2D eigenvalue weighted by Crippen LogP contribution is -2.39. The SMILES string of the molecule is CCOc1cc(/C=N\NC(=O)CN(c2cc(Cl)cc(Cl)c2)S(C)(=O)=O)ccc1O. The average Bonchev–Trinajstić information content (AvgIpc) is 2.60. The third-order valence-electron chi connectivity index (χ3n) is 3.51. The largest absolute Gasteiger partial charge is 0.504 e. The zero-order valence-electron chi connectivity index (χ0n) is 15.6. The third-order valence-corrected chi connectivity index (χ3v) is 5.09. The summed E-state index contributed by atoms with van der Waals surface area (Å²) in [6, 6.07) is 8.77. The van der Waals surface area contributed by atoms with E-state index in [9.17, 15) is 18.3 Å². The van der Waals surface area contributed by atoms with Gasteiger partial charge in [-0.2, -0.15) is 5.10 Å². The van der Waals surface area contributed by atoms with E-state index in [2.05, 4.69) is 10.5 Å². The van der Waals surface area contributed by atoms with Crippen molar-refractivity contribution in [2.75, 3.05) is 23.7 Å². The van der Waals surface area contributed by atoms with Gasteiger partial charge in [0.1, 0.15) is 6.54 Å². The predicted octanol–water partition coefficient (Wildman–Crippen LogP) is 3.01. The number of ether oxygens (including phenoxy) is 1. The average molecular weight is 460 g/mol. The standard InChI is InChI=1S/C18H19Cl2N3O5S/c1-3-28-17-6-12(4-5-16(17)24)10-21-22-18(25)11-23(29(2,26)27)15-8-13(19)7-14(20)9-15/h4-10,24H,3,11H2,1-2H3,(H,22,25)/b21-10-. The van der Waals surface area contributed by atoms with Gasteiger partial charge in [-0.25, -0.2) is 13.8 Å². The Morgan fingerprint density at radius 3 is 2.48 bits per heavy atom. The van der Waals surface area contributed by atoms with Crippen molar-refractivity contribution in [3.05, 3.63) is 52.0 Å². The number of nitrogens with zero attached hydrogens (tertiary/aromatic N) is 2. The van der Waals surface area contributed by atoms with Crippen molar-refractivity contribution in [2.24, 2.45) is 5.10 Å². The Bertz CT molecular complexity index is 1010. The lowest BCUT2D eigenvalue weighted by molar-refractivity contribution is -0.119. The smallest absolute Gasteiger partial charge is 0.260 e. The zero-order valence-corrected chi connectivity index (χ0v) is 17.9. The summed E-state index contributed by atoms with van der Waals surface area (Å²) in [7, 11) is -3.78. The monoisotopic (exact) mass is 459 g/mol. The molecule has 29 heavy (non-hydrogen) atoms. The van der Waals surface area contributed by atoms with E-state index >= 15 is 0 Å². The van der Waals surface area contributed by atoms with Gasteiger partial charge < -0.3 is 9.84 Å². The number of anilines is 1. The first-order chi connectivity index (χ1) is 13.6. The van der Waals surface area contributed by atoms with E-state index in [1.807, 2.05) is 0 Å². The normalized spacial score (nSPS) is 11.4. The molecule has 8 nitrogen and oxygen atoms in total. The molecule has 0 saturated carbocycles. The molecule has 2 N–H and O–H groups in total. The zero-order chi connectivity index (χ0) is 21.6. The Morgan fingerprint density at radius 1 is 1.24 bits per heavy atom. The van der Waals surface area contributed by atoms with Gasteiger partial charge in [0.15, 0.2) is 11.5 Å². The second-order valence-corrected chi connectivity index (χ2v) is 8.63. The van der Waals surface area contributed by atoms with Gasteiger partial charge in [-0.05, 0) is 48.9 Å². The maximum Gasteiger partial charge on any atom is 0.260 e. The first-order valence-corrected chi connectivity index (χ1v) is 10.9. The van der Waals surface area contributed by atoms with Gasteiger partial charge >= 0.3 is 0 Å². The van der Waals surface area contributed by atoms with Crippen LogP contribution in [0.2, 0.25) is 10.0 Å². The second kappa shape index (κ2) is 9.82. The highest BCUT2D eigenvalue weighted by Crippen LogP contribution is 2.27. The molecule has 0 bridgehead atoms. The van der Waals surface area contributed by atoms with Crippen molar-refractivity contribution in [1.29, 1.82) is 0 Å². The van der Waals surface area contributed by atoms with Gasteiger partial charge in [0.05, 0.1) is 24.8 Å². The van der Waals surface area contributed by atoms with Gasteiger partial charge in [0.2, 0.25) is 10.0 Å². The molecule has 11 heteroatoms. The molecule has 0 aliphatic carbocycles. The van der Waals surface area contributed by atoms with E-state index in [4.69, 9.17) is 27.9 Å². The maximum atomic E-state index is 12.2. The number of benzene rings is 2. The van der Waals surface area contributed by atoms with Crippen molar-refractivity contribution in [2.45, 2.75) is 6.92 Å². The van der Waals surface area contributed by atoms with Gasteiger partial charge in [-0.1, -0.05) is 23.2 Å². The van der Waals surface area contributed by atoms with Crippen molar-refractivity contribution >= 4 is 51.0 Å². The summed E-state index contributed by atoms with van der Waals surface area (Å²) >= 11 is 11.8. The molecule has 0 spiro atoms. The molecule has 0 aliphatic heterocycles. The number of halogens is 2. The van der Waals surface area contributed by atoms with E-state index in [-0.39, 0.29) is 27.2 Å². The number of sulfonamides is 1. The van der Waals surface area contributed by atoms with Crippen LogP contribution in [0.1, 0.15) is 12.5 Å². The predicted molar refractivity (Wildman–Crippen MR) is 114 cm³/mol. The molecule has 0 atom stereocenters. The van der Waals surface area contributed by atoms with E-state index in [1.165, 1.54) is 30.5 Å². The number of rotatable bonds is 8. The number of aromatic hydroxyl groups is 1. The Kier molecular flexibility index (Phi) is 7.72. The fourth-order valence-electron chi connectivity index (χ4n) is 2.31. The van der Waals surface area contributed by atoms with Crippen LogP contribution in [0.3, 0.4) is 0 Å². The van der Waals surface area contributed by atoms with Crippen LogP contribution in [0.25, 0.3) is 0 Å². The summed E-state index contributed by atoms with van der Waals surface area (Å²) < 4.78 is 30.3. The van der Waals surface area contributed by atoms with Crippen LogP contribution in [0.5, 0.6) is 11.5 Å². The van der Waals surface area contributed by atoms with Crippen LogP contribution >= 0.6 is 23.2 Å². The summed E-state index contributed by atoms with van der Waals surface area (Å²) in [5, 5.41) is 13.9. The molecule has 2 rings (SSSR count).